The van der Waals surface area contributed by atoms with E-state index in [-0.39, 0.29) is 5.41 Å². The fraction of sp³-hybridized carbons (Fsp3) is 0.333. The van der Waals surface area contributed by atoms with E-state index in [0.29, 0.717) is 0 Å². The zero-order chi connectivity index (χ0) is 16.0. The normalized spacial score (nSPS) is 25.0. The second-order valence-corrected chi connectivity index (χ2v) is 9.39. The van der Waals surface area contributed by atoms with Crippen LogP contribution in [0.3, 0.4) is 0 Å². The molecule has 0 amide bonds. The zero-order valence-corrected chi connectivity index (χ0v) is 14.4. The zero-order valence-electron chi connectivity index (χ0n) is 13.5. The fourth-order valence-corrected chi connectivity index (χ4v) is 5.50. The molecule has 2 aromatic carbocycles. The van der Waals surface area contributed by atoms with Crippen LogP contribution < -0.4 is 10.6 Å². The first-order valence-corrected chi connectivity index (χ1v) is 9.17. The van der Waals surface area contributed by atoms with Gasteiger partial charge in [0.25, 0.3) is 0 Å². The van der Waals surface area contributed by atoms with Crippen LogP contribution in [-0.2, 0) is 9.40 Å². The van der Waals surface area contributed by atoms with Crippen LogP contribution in [-0.4, -0.2) is 10.6 Å². The van der Waals surface area contributed by atoms with E-state index in [1.165, 1.54) is 0 Å². The lowest BCUT2D eigenvalue weighted by atomic mass is 9.87. The largest absolute Gasteiger partial charge is 0.294 e. The molecule has 2 atom stereocenters. The molecule has 22 heavy (non-hydrogen) atoms. The van der Waals surface area contributed by atoms with Crippen molar-refractivity contribution in [2.75, 3.05) is 0 Å². The minimum atomic E-state index is -2.99. The van der Waals surface area contributed by atoms with Gasteiger partial charge in [0.15, 0.2) is 5.72 Å². The summed E-state index contributed by atoms with van der Waals surface area (Å²) in [6.07, 6.45) is 0. The van der Waals surface area contributed by atoms with Gasteiger partial charge in [-0.2, -0.15) is 0 Å². The van der Waals surface area contributed by atoms with Gasteiger partial charge in [0, 0.05) is 16.0 Å². The van der Waals surface area contributed by atoms with Gasteiger partial charge in [-0.3, -0.25) is 9.40 Å². The van der Waals surface area contributed by atoms with E-state index in [4.69, 9.17) is 4.84 Å². The minimum Gasteiger partial charge on any atom is -0.294 e. The summed E-state index contributed by atoms with van der Waals surface area (Å²) in [6.45, 7) is 8.32. The molecule has 4 heteroatoms. The predicted molar refractivity (Wildman–Crippen MR) is 90.5 cm³/mol. The molecule has 0 saturated carbocycles. The molecule has 0 radical (unpaired) electrons. The van der Waals surface area contributed by atoms with Crippen LogP contribution in [0.15, 0.2) is 60.7 Å². The molecule has 1 saturated heterocycles. The Labute approximate surface area is 132 Å². The Morgan fingerprint density at radius 2 is 1.32 bits per heavy atom. The SMILES string of the molecule is CC(C)(C)[C@]1(C)ON1P(=O)(c1ccccc1)c1ccccc1. The molecule has 1 unspecified atom stereocenters. The number of benzene rings is 2. The predicted octanol–water partition coefficient (Wildman–Crippen LogP) is 3.93. The van der Waals surface area contributed by atoms with Gasteiger partial charge in [-0.05, 0) is 31.2 Å². The molecule has 2 aromatic rings. The van der Waals surface area contributed by atoms with Crippen LogP contribution in [0.1, 0.15) is 27.7 Å². The van der Waals surface area contributed by atoms with Crippen molar-refractivity contribution in [2.24, 2.45) is 5.41 Å². The van der Waals surface area contributed by atoms with Crippen molar-refractivity contribution in [2.45, 2.75) is 33.4 Å². The van der Waals surface area contributed by atoms with Gasteiger partial charge in [0.05, 0.1) is 0 Å². The quantitative estimate of drug-likeness (QED) is 0.635. The maximum absolute atomic E-state index is 14.0. The second kappa shape index (κ2) is 5.06. The maximum Gasteiger partial charge on any atom is 0.232 e. The molecule has 1 heterocycles. The van der Waals surface area contributed by atoms with Crippen LogP contribution >= 0.6 is 7.29 Å². The lowest BCUT2D eigenvalue weighted by molar-refractivity contribution is 0.169. The molecule has 0 N–H and O–H groups in total. The van der Waals surface area contributed by atoms with Gasteiger partial charge in [-0.15, -0.1) is 0 Å². The molecule has 0 bridgehead atoms. The molecule has 1 aliphatic heterocycles. The second-order valence-electron chi connectivity index (χ2n) is 6.84. The average molecular weight is 315 g/mol. The monoisotopic (exact) mass is 315 g/mol. The highest BCUT2D eigenvalue weighted by atomic mass is 31.2. The minimum absolute atomic E-state index is 0.133. The van der Waals surface area contributed by atoms with Gasteiger partial charge in [0.2, 0.25) is 7.29 Å². The Morgan fingerprint density at radius 3 is 1.64 bits per heavy atom. The number of hydrogen-bond donors (Lipinski definition) is 0. The highest BCUT2D eigenvalue weighted by Crippen LogP contribution is 2.65. The number of rotatable bonds is 3. The molecular weight excluding hydrogens is 293 g/mol. The Hall–Kier alpha value is -1.41. The molecular formula is C18H22NO2P. The Kier molecular flexibility index (Phi) is 3.56. The smallest absolute Gasteiger partial charge is 0.232 e. The van der Waals surface area contributed by atoms with Gasteiger partial charge >= 0.3 is 0 Å². The van der Waals surface area contributed by atoms with E-state index in [2.05, 4.69) is 20.8 Å². The molecule has 0 spiro atoms. The molecule has 3 nitrogen and oxygen atoms in total. The molecule has 0 aromatic heterocycles. The topological polar surface area (TPSA) is 32.6 Å². The Morgan fingerprint density at radius 1 is 0.909 bits per heavy atom. The van der Waals surface area contributed by atoms with Gasteiger partial charge in [-0.1, -0.05) is 62.0 Å². The molecule has 1 aliphatic rings. The van der Waals surface area contributed by atoms with E-state index in [1.54, 1.807) is 4.83 Å². The molecule has 116 valence electrons. The summed E-state index contributed by atoms with van der Waals surface area (Å²) in [5, 5.41) is 1.60. The van der Waals surface area contributed by atoms with Crippen LogP contribution in [0.2, 0.25) is 0 Å². The van der Waals surface area contributed by atoms with Gasteiger partial charge < -0.3 is 0 Å². The third-order valence-electron chi connectivity index (χ3n) is 4.46. The van der Waals surface area contributed by atoms with Crippen molar-refractivity contribution < 1.29 is 9.40 Å². The summed E-state index contributed by atoms with van der Waals surface area (Å²) in [4.78, 5) is 7.63. The molecule has 3 rings (SSSR count). The van der Waals surface area contributed by atoms with E-state index in [9.17, 15) is 4.57 Å². The summed E-state index contributed by atoms with van der Waals surface area (Å²) in [7, 11) is -2.99. The first-order chi connectivity index (χ1) is 10.3. The van der Waals surface area contributed by atoms with E-state index in [0.717, 1.165) is 10.6 Å². The Balaban J connectivity index is 2.14. The Bertz CT molecular complexity index is 665. The summed E-state index contributed by atoms with van der Waals surface area (Å²) in [6, 6.07) is 19.2. The lowest BCUT2D eigenvalue weighted by Gasteiger charge is -2.26. The van der Waals surface area contributed by atoms with Crippen molar-refractivity contribution >= 4 is 17.9 Å². The number of hydroxylamine groups is 1. The fourth-order valence-electron chi connectivity index (χ4n) is 2.52. The lowest BCUT2D eigenvalue weighted by Crippen LogP contribution is -2.33. The summed E-state index contributed by atoms with van der Waals surface area (Å²) >= 11 is 0. The van der Waals surface area contributed by atoms with Crippen molar-refractivity contribution in [1.82, 2.24) is 4.83 Å². The summed E-state index contributed by atoms with van der Waals surface area (Å²) < 4.78 is 14.0. The summed E-state index contributed by atoms with van der Waals surface area (Å²) in [5.74, 6) is 0. The van der Waals surface area contributed by atoms with Crippen LogP contribution in [0.4, 0.5) is 0 Å². The number of hydrogen-bond acceptors (Lipinski definition) is 2. The van der Waals surface area contributed by atoms with Crippen LogP contribution in [0.25, 0.3) is 0 Å². The maximum atomic E-state index is 14.0. The van der Waals surface area contributed by atoms with Crippen LogP contribution in [0.5, 0.6) is 0 Å². The molecule has 1 fully saturated rings. The third kappa shape index (κ3) is 2.25. The van der Waals surface area contributed by atoms with E-state index >= 15 is 0 Å². The van der Waals surface area contributed by atoms with E-state index < -0.39 is 13.0 Å². The van der Waals surface area contributed by atoms with Crippen molar-refractivity contribution in [3.05, 3.63) is 60.7 Å². The highest BCUT2D eigenvalue weighted by Gasteiger charge is 2.66. The van der Waals surface area contributed by atoms with Gasteiger partial charge in [0.1, 0.15) is 0 Å². The van der Waals surface area contributed by atoms with Crippen molar-refractivity contribution in [1.29, 1.82) is 0 Å². The standard InChI is InChI=1S/C18H22NO2P/c1-17(2,3)18(4)19(21-18)22(20,15-11-7-5-8-12-15)16-13-9-6-10-14-16/h5-14H,1-4H3/t18-,19?/m0/s1. The first kappa shape index (κ1) is 15.5. The number of nitrogens with zero attached hydrogens (tertiary/aromatic N) is 1. The third-order valence-corrected chi connectivity index (χ3v) is 7.43. The van der Waals surface area contributed by atoms with Gasteiger partial charge in [-0.25, -0.2) is 0 Å². The molecule has 0 aliphatic carbocycles. The first-order valence-electron chi connectivity index (χ1n) is 7.51. The van der Waals surface area contributed by atoms with Crippen LogP contribution in [0, 0.1) is 5.41 Å². The van der Waals surface area contributed by atoms with E-state index in [1.807, 2.05) is 67.6 Å². The average Bonchev–Trinajstić information content (AvgIpc) is 3.22. The summed E-state index contributed by atoms with van der Waals surface area (Å²) in [5.41, 5.74) is -0.666. The van der Waals surface area contributed by atoms with Crippen molar-refractivity contribution in [3.8, 4) is 0 Å². The van der Waals surface area contributed by atoms with Crippen molar-refractivity contribution in [3.63, 3.8) is 0 Å². The highest BCUT2D eigenvalue weighted by molar-refractivity contribution is 7.76.